The van der Waals surface area contributed by atoms with Crippen LogP contribution in [0.15, 0.2) is 33.6 Å². The minimum Gasteiger partial charge on any atom is -0.332 e. The van der Waals surface area contributed by atoms with E-state index in [1.807, 2.05) is 0 Å². The number of hydrogen-bond acceptors (Lipinski definition) is 2. The second-order valence-corrected chi connectivity index (χ2v) is 7.59. The van der Waals surface area contributed by atoms with Gasteiger partial charge in [0, 0.05) is 17.3 Å². The van der Waals surface area contributed by atoms with Crippen LogP contribution in [-0.2, 0) is 10.0 Å². The zero-order valence-corrected chi connectivity index (χ0v) is 13.4. The van der Waals surface area contributed by atoms with Crippen LogP contribution in [-0.4, -0.2) is 34.1 Å². The predicted molar refractivity (Wildman–Crippen MR) is 78.7 cm³/mol. The maximum absolute atomic E-state index is 12.2. The molecule has 0 aromatic heterocycles. The molecule has 0 amide bonds. The molecule has 1 unspecified atom stereocenters. The predicted octanol–water partition coefficient (Wildman–Crippen LogP) is 0.795. The average molecular weight is 348 g/mol. The van der Waals surface area contributed by atoms with E-state index in [1.165, 1.54) is 11.3 Å². The SMILES string of the molecule is CC[NH+]1CCC[C@H]1CNS(=O)(=O)c1ccc(Br)cc1. The van der Waals surface area contributed by atoms with Crippen LogP contribution < -0.4 is 9.62 Å². The van der Waals surface area contributed by atoms with E-state index in [4.69, 9.17) is 0 Å². The second-order valence-electron chi connectivity index (χ2n) is 4.91. The minimum absolute atomic E-state index is 0.326. The molecular weight excluding hydrogens is 328 g/mol. The number of sulfonamides is 1. The summed E-state index contributed by atoms with van der Waals surface area (Å²) in [6.07, 6.45) is 2.29. The fourth-order valence-electron chi connectivity index (χ4n) is 2.60. The fourth-order valence-corrected chi connectivity index (χ4v) is 3.95. The lowest BCUT2D eigenvalue weighted by atomic mass is 10.2. The molecule has 1 saturated heterocycles. The van der Waals surface area contributed by atoms with Crippen LogP contribution >= 0.6 is 15.9 Å². The van der Waals surface area contributed by atoms with Gasteiger partial charge in [-0.25, -0.2) is 13.1 Å². The molecule has 4 nitrogen and oxygen atoms in total. The average Bonchev–Trinajstić information content (AvgIpc) is 2.84. The maximum atomic E-state index is 12.2. The Morgan fingerprint density at radius 2 is 2.05 bits per heavy atom. The number of nitrogens with one attached hydrogen (secondary N) is 2. The zero-order chi connectivity index (χ0) is 13.9. The van der Waals surface area contributed by atoms with Crippen molar-refractivity contribution in [2.75, 3.05) is 19.6 Å². The third-order valence-corrected chi connectivity index (χ3v) is 5.69. The smallest absolute Gasteiger partial charge is 0.240 e. The number of benzene rings is 1. The van der Waals surface area contributed by atoms with Gasteiger partial charge in [0.05, 0.1) is 24.5 Å². The van der Waals surface area contributed by atoms with Crippen LogP contribution in [0.5, 0.6) is 0 Å². The summed E-state index contributed by atoms with van der Waals surface area (Å²) in [6.45, 7) is 4.89. The van der Waals surface area contributed by atoms with E-state index in [-0.39, 0.29) is 0 Å². The Labute approximate surface area is 123 Å². The highest BCUT2D eigenvalue weighted by Gasteiger charge is 2.28. The third kappa shape index (κ3) is 3.78. The summed E-state index contributed by atoms with van der Waals surface area (Å²) >= 11 is 3.30. The molecule has 0 aliphatic carbocycles. The van der Waals surface area contributed by atoms with E-state index in [2.05, 4.69) is 27.6 Å². The van der Waals surface area contributed by atoms with Gasteiger partial charge >= 0.3 is 0 Å². The van der Waals surface area contributed by atoms with Crippen molar-refractivity contribution < 1.29 is 13.3 Å². The van der Waals surface area contributed by atoms with Gasteiger partial charge in [0.15, 0.2) is 0 Å². The van der Waals surface area contributed by atoms with Gasteiger partial charge in [-0.15, -0.1) is 0 Å². The Morgan fingerprint density at radius 3 is 2.68 bits per heavy atom. The molecule has 2 rings (SSSR count). The lowest BCUT2D eigenvalue weighted by Gasteiger charge is -2.20. The van der Waals surface area contributed by atoms with Crippen molar-refractivity contribution >= 4 is 26.0 Å². The molecule has 0 radical (unpaired) electrons. The number of quaternary nitrogens is 1. The van der Waals surface area contributed by atoms with Crippen LogP contribution in [0.2, 0.25) is 0 Å². The van der Waals surface area contributed by atoms with Crippen molar-refractivity contribution in [3.05, 3.63) is 28.7 Å². The Hall–Kier alpha value is -0.430. The zero-order valence-electron chi connectivity index (χ0n) is 11.0. The molecule has 1 fully saturated rings. The van der Waals surface area contributed by atoms with Crippen molar-refractivity contribution in [2.24, 2.45) is 0 Å². The van der Waals surface area contributed by atoms with Gasteiger partial charge in [-0.05, 0) is 31.2 Å². The molecule has 0 saturated carbocycles. The highest BCUT2D eigenvalue weighted by atomic mass is 79.9. The quantitative estimate of drug-likeness (QED) is 0.827. The minimum atomic E-state index is -3.38. The monoisotopic (exact) mass is 347 g/mol. The second kappa shape index (κ2) is 6.35. The van der Waals surface area contributed by atoms with E-state index < -0.39 is 10.0 Å². The Bertz CT molecular complexity index is 516. The van der Waals surface area contributed by atoms with Gasteiger partial charge < -0.3 is 4.90 Å². The molecule has 1 aromatic carbocycles. The molecule has 1 aliphatic rings. The van der Waals surface area contributed by atoms with Crippen molar-refractivity contribution in [1.82, 2.24) is 4.72 Å². The molecule has 19 heavy (non-hydrogen) atoms. The molecule has 1 aliphatic heterocycles. The standard InChI is InChI=1S/C13H19BrN2O2S/c1-2-16-9-3-4-12(16)10-15-19(17,18)13-7-5-11(14)6-8-13/h5-8,12,15H,2-4,9-10H2,1H3/p+1/t12-/m0/s1. The summed E-state index contributed by atoms with van der Waals surface area (Å²) in [7, 11) is -3.38. The summed E-state index contributed by atoms with van der Waals surface area (Å²) in [5, 5.41) is 0. The van der Waals surface area contributed by atoms with Crippen LogP contribution in [0.3, 0.4) is 0 Å². The topological polar surface area (TPSA) is 50.6 Å². The number of likely N-dealkylation sites (tertiary alicyclic amines) is 1. The summed E-state index contributed by atoms with van der Waals surface area (Å²) in [4.78, 5) is 1.82. The van der Waals surface area contributed by atoms with Gasteiger partial charge in [-0.3, -0.25) is 0 Å². The number of halogens is 1. The fraction of sp³-hybridized carbons (Fsp3) is 0.538. The third-order valence-electron chi connectivity index (χ3n) is 3.73. The number of hydrogen-bond donors (Lipinski definition) is 2. The van der Waals surface area contributed by atoms with Crippen molar-refractivity contribution in [3.8, 4) is 0 Å². The molecule has 2 N–H and O–H groups in total. The highest BCUT2D eigenvalue weighted by molar-refractivity contribution is 9.10. The molecule has 1 heterocycles. The molecule has 1 aromatic rings. The van der Waals surface area contributed by atoms with Crippen molar-refractivity contribution in [2.45, 2.75) is 30.7 Å². The molecule has 6 heteroatoms. The maximum Gasteiger partial charge on any atom is 0.240 e. The molecule has 106 valence electrons. The lowest BCUT2D eigenvalue weighted by Crippen LogP contribution is -3.14. The molecular formula is C13H20BrN2O2S+. The number of rotatable bonds is 5. The van der Waals surface area contributed by atoms with Gasteiger partial charge in [-0.2, -0.15) is 0 Å². The Kier molecular flexibility index (Phi) is 5.00. The Balaban J connectivity index is 2.00. The van der Waals surface area contributed by atoms with Crippen LogP contribution in [0.1, 0.15) is 19.8 Å². The summed E-state index contributed by atoms with van der Waals surface area (Å²) in [5.41, 5.74) is 0. The molecule has 0 bridgehead atoms. The summed E-state index contributed by atoms with van der Waals surface area (Å²) in [6, 6.07) is 7.13. The van der Waals surface area contributed by atoms with E-state index in [0.717, 1.165) is 24.0 Å². The first-order valence-electron chi connectivity index (χ1n) is 6.62. The summed E-state index contributed by atoms with van der Waals surface area (Å²) < 4.78 is 27.9. The number of likely N-dealkylation sites (N-methyl/N-ethyl adjacent to an activating group) is 1. The first-order valence-corrected chi connectivity index (χ1v) is 8.90. The van der Waals surface area contributed by atoms with Crippen molar-refractivity contribution in [3.63, 3.8) is 0 Å². The van der Waals surface area contributed by atoms with Crippen molar-refractivity contribution in [1.29, 1.82) is 0 Å². The van der Waals surface area contributed by atoms with E-state index in [9.17, 15) is 8.42 Å². The first kappa shape index (κ1) is 15.0. The van der Waals surface area contributed by atoms with E-state index >= 15 is 0 Å². The van der Waals surface area contributed by atoms with Gasteiger partial charge in [0.25, 0.3) is 0 Å². The molecule has 0 spiro atoms. The van der Waals surface area contributed by atoms with Gasteiger partial charge in [-0.1, -0.05) is 15.9 Å². The Morgan fingerprint density at radius 1 is 1.37 bits per heavy atom. The van der Waals surface area contributed by atoms with Crippen LogP contribution in [0, 0.1) is 0 Å². The molecule has 2 atom stereocenters. The highest BCUT2D eigenvalue weighted by Crippen LogP contribution is 2.14. The van der Waals surface area contributed by atoms with E-state index in [0.29, 0.717) is 17.5 Å². The first-order chi connectivity index (χ1) is 9.03. The normalized spacial score (nSPS) is 23.7. The van der Waals surface area contributed by atoms with Crippen LogP contribution in [0.4, 0.5) is 0 Å². The van der Waals surface area contributed by atoms with Gasteiger partial charge in [0.2, 0.25) is 10.0 Å². The summed E-state index contributed by atoms with van der Waals surface area (Å²) in [5.74, 6) is 0. The van der Waals surface area contributed by atoms with Crippen LogP contribution in [0.25, 0.3) is 0 Å². The van der Waals surface area contributed by atoms with E-state index in [1.54, 1.807) is 24.3 Å². The largest absolute Gasteiger partial charge is 0.332 e. The van der Waals surface area contributed by atoms with Gasteiger partial charge in [0.1, 0.15) is 6.04 Å². The lowest BCUT2D eigenvalue weighted by molar-refractivity contribution is -0.909.